The van der Waals surface area contributed by atoms with Crippen LogP contribution in [0.2, 0.25) is 0 Å². The van der Waals surface area contributed by atoms with Crippen molar-refractivity contribution in [1.29, 1.82) is 0 Å². The van der Waals surface area contributed by atoms with Crippen LogP contribution in [-0.4, -0.2) is 86.6 Å². The molecule has 1 aliphatic rings. The molecule has 1 fully saturated rings. The fraction of sp³-hybridized carbons (Fsp3) is 0.375. The fourth-order valence-corrected chi connectivity index (χ4v) is 4.16. The second kappa shape index (κ2) is 12.0. The highest BCUT2D eigenvalue weighted by atomic mass is 16.7. The van der Waals surface area contributed by atoms with Crippen LogP contribution < -0.4 is 21.3 Å². The van der Waals surface area contributed by atoms with Gasteiger partial charge in [0.15, 0.2) is 35.3 Å². The maximum absolute atomic E-state index is 13.7. The third kappa shape index (κ3) is 6.02. The van der Waals surface area contributed by atoms with Gasteiger partial charge in [-0.3, -0.25) is 24.0 Å². The van der Waals surface area contributed by atoms with Crippen molar-refractivity contribution in [1.82, 2.24) is 24.8 Å². The molecule has 2 amide bonds. The van der Waals surface area contributed by atoms with Crippen molar-refractivity contribution in [2.45, 2.75) is 45.3 Å². The molecule has 0 radical (unpaired) electrons. The van der Waals surface area contributed by atoms with E-state index in [9.17, 15) is 28.8 Å². The van der Waals surface area contributed by atoms with Gasteiger partial charge in [0.1, 0.15) is 18.5 Å². The van der Waals surface area contributed by atoms with Crippen molar-refractivity contribution in [3.8, 4) is 5.75 Å². The molecule has 1 aliphatic heterocycles. The van der Waals surface area contributed by atoms with Crippen LogP contribution in [0.4, 0.5) is 10.6 Å². The Morgan fingerprint density at radius 2 is 1.64 bits per heavy atom. The number of nitrogens with two attached hydrogens (primary N) is 1. The lowest BCUT2D eigenvalue weighted by molar-refractivity contribution is -0.166. The van der Waals surface area contributed by atoms with Crippen molar-refractivity contribution < 1.29 is 47.7 Å². The quantitative estimate of drug-likeness (QED) is 0.250. The summed E-state index contributed by atoms with van der Waals surface area (Å²) in [6.07, 6.45) is -5.56. The number of primary amides is 1. The summed E-state index contributed by atoms with van der Waals surface area (Å²) in [6, 6.07) is 4.84. The van der Waals surface area contributed by atoms with E-state index in [1.54, 1.807) is 12.1 Å². The molecule has 4 rings (SSSR count). The lowest BCUT2D eigenvalue weighted by atomic mass is 10.1. The zero-order chi connectivity index (χ0) is 30.7. The van der Waals surface area contributed by atoms with Crippen molar-refractivity contribution in [2.75, 3.05) is 19.0 Å². The second-order valence-corrected chi connectivity index (χ2v) is 8.83. The summed E-state index contributed by atoms with van der Waals surface area (Å²) in [7, 11) is 1.46. The van der Waals surface area contributed by atoms with Crippen LogP contribution in [0.25, 0.3) is 11.0 Å². The average Bonchev–Trinajstić information content (AvgIpc) is 3.46. The number of benzene rings is 1. The van der Waals surface area contributed by atoms with Crippen LogP contribution in [0, 0.1) is 0 Å². The predicted octanol–water partition coefficient (Wildman–Crippen LogP) is -0.500. The normalized spacial score (nSPS) is 19.6. The summed E-state index contributed by atoms with van der Waals surface area (Å²) in [5, 5.41) is 14.1. The van der Waals surface area contributed by atoms with Crippen molar-refractivity contribution in [3.05, 3.63) is 40.2 Å². The van der Waals surface area contributed by atoms with Gasteiger partial charge in [-0.05, 0) is 24.3 Å². The van der Waals surface area contributed by atoms with Gasteiger partial charge in [0.05, 0.1) is 7.11 Å². The van der Waals surface area contributed by atoms with E-state index in [1.165, 1.54) is 19.2 Å². The second-order valence-electron chi connectivity index (χ2n) is 8.83. The van der Waals surface area contributed by atoms with Gasteiger partial charge in [-0.15, -0.1) is 10.2 Å². The summed E-state index contributed by atoms with van der Waals surface area (Å²) in [5.41, 5.74) is 3.78. The van der Waals surface area contributed by atoms with Gasteiger partial charge in [0.25, 0.3) is 11.5 Å². The molecule has 4 unspecified atom stereocenters. The number of hydrogen-bond acceptors (Lipinski definition) is 14. The zero-order valence-corrected chi connectivity index (χ0v) is 22.6. The van der Waals surface area contributed by atoms with Crippen molar-refractivity contribution in [2.24, 2.45) is 5.73 Å². The number of esters is 3. The van der Waals surface area contributed by atoms with E-state index in [1.807, 2.05) is 0 Å². The standard InChI is InChI=1S/C24H25N7O11/c1-10(32)39-9-15-18(40-11(2)33)19(41-12(3)34)23(42-15)31-22(36)17-16(27-29-31)20(28-30(17)24(25)37)26-21(35)13-5-7-14(38-4)8-6-13/h5-8,15,18-19,23H,9H2,1-4H3,(H2,25,37)(H,26,28,35). The Morgan fingerprint density at radius 3 is 2.21 bits per heavy atom. The van der Waals surface area contributed by atoms with Crippen LogP contribution in [0.15, 0.2) is 29.1 Å². The summed E-state index contributed by atoms with van der Waals surface area (Å²) in [6.45, 7) is 2.86. The Bertz CT molecular complexity index is 1620. The molecule has 1 aromatic carbocycles. The topological polar surface area (TPSA) is 235 Å². The van der Waals surface area contributed by atoms with E-state index in [-0.39, 0.29) is 16.9 Å². The molecule has 0 spiro atoms. The average molecular weight is 588 g/mol. The Kier molecular flexibility index (Phi) is 8.46. The first-order valence-corrected chi connectivity index (χ1v) is 12.2. The summed E-state index contributed by atoms with van der Waals surface area (Å²) in [5.74, 6) is -2.75. The number of nitrogens with zero attached hydrogens (tertiary/aromatic N) is 5. The fourth-order valence-electron chi connectivity index (χ4n) is 4.16. The number of carbonyl (C=O) groups excluding carboxylic acids is 5. The number of fused-ring (bicyclic) bond motifs is 1. The molecule has 2 aromatic heterocycles. The predicted molar refractivity (Wildman–Crippen MR) is 137 cm³/mol. The van der Waals surface area contributed by atoms with Crippen LogP contribution in [-0.2, 0) is 33.3 Å². The maximum atomic E-state index is 13.7. The molecular weight excluding hydrogens is 562 g/mol. The minimum atomic E-state index is -1.57. The summed E-state index contributed by atoms with van der Waals surface area (Å²) >= 11 is 0. The lowest BCUT2D eigenvalue weighted by Crippen LogP contribution is -2.42. The van der Waals surface area contributed by atoms with Gasteiger partial charge < -0.3 is 34.7 Å². The SMILES string of the molecule is COc1ccc(C(=O)Nc2nn(C(N)=O)c3c(=O)n(C4OC(COC(C)=O)C(OC(C)=O)C4OC(C)=O)nnc23)cc1. The van der Waals surface area contributed by atoms with Gasteiger partial charge in [-0.1, -0.05) is 5.21 Å². The smallest absolute Gasteiger partial charge is 0.340 e. The Hall–Kier alpha value is -5.39. The van der Waals surface area contributed by atoms with Crippen molar-refractivity contribution in [3.63, 3.8) is 0 Å². The van der Waals surface area contributed by atoms with Crippen LogP contribution >= 0.6 is 0 Å². The molecule has 222 valence electrons. The highest BCUT2D eigenvalue weighted by Crippen LogP contribution is 2.33. The largest absolute Gasteiger partial charge is 0.497 e. The van der Waals surface area contributed by atoms with Gasteiger partial charge in [-0.25, -0.2) is 4.79 Å². The minimum absolute atomic E-state index is 0.192. The third-order valence-electron chi connectivity index (χ3n) is 5.89. The van der Waals surface area contributed by atoms with E-state index in [0.717, 1.165) is 20.8 Å². The Labute approximate surface area is 235 Å². The van der Waals surface area contributed by atoms with Crippen molar-refractivity contribution >= 4 is 46.7 Å². The maximum Gasteiger partial charge on any atom is 0.340 e. The number of nitrogens with one attached hydrogen (secondary N) is 1. The number of aromatic nitrogens is 5. The molecule has 0 bridgehead atoms. The zero-order valence-electron chi connectivity index (χ0n) is 22.6. The van der Waals surface area contributed by atoms with Crippen LogP contribution in [0.3, 0.4) is 0 Å². The molecule has 0 aliphatic carbocycles. The monoisotopic (exact) mass is 587 g/mol. The summed E-state index contributed by atoms with van der Waals surface area (Å²) < 4.78 is 27.6. The lowest BCUT2D eigenvalue weighted by Gasteiger charge is -2.23. The highest BCUT2D eigenvalue weighted by Gasteiger charge is 2.51. The molecule has 1 saturated heterocycles. The van der Waals surface area contributed by atoms with Gasteiger partial charge in [0.2, 0.25) is 0 Å². The molecule has 4 atom stereocenters. The third-order valence-corrected chi connectivity index (χ3v) is 5.89. The molecular formula is C24H25N7O11. The van der Waals surface area contributed by atoms with Crippen LogP contribution in [0.1, 0.15) is 37.4 Å². The number of anilines is 1. The van der Waals surface area contributed by atoms with Crippen LogP contribution in [0.5, 0.6) is 5.75 Å². The van der Waals surface area contributed by atoms with E-state index in [2.05, 4.69) is 20.7 Å². The number of carbonyl (C=O) groups is 5. The Balaban J connectivity index is 1.77. The summed E-state index contributed by atoms with van der Waals surface area (Å²) in [4.78, 5) is 73.9. The molecule has 3 heterocycles. The molecule has 18 nitrogen and oxygen atoms in total. The first-order chi connectivity index (χ1) is 19.9. The van der Waals surface area contributed by atoms with E-state index >= 15 is 0 Å². The first-order valence-electron chi connectivity index (χ1n) is 12.2. The van der Waals surface area contributed by atoms with E-state index < -0.39 is 72.1 Å². The number of hydrogen-bond donors (Lipinski definition) is 2. The number of ether oxygens (including phenoxy) is 5. The number of amides is 2. The van der Waals surface area contributed by atoms with E-state index in [0.29, 0.717) is 15.1 Å². The Morgan fingerprint density at radius 1 is 1.00 bits per heavy atom. The molecule has 0 saturated carbocycles. The molecule has 42 heavy (non-hydrogen) atoms. The highest BCUT2D eigenvalue weighted by molar-refractivity contribution is 6.07. The van der Waals surface area contributed by atoms with Gasteiger partial charge >= 0.3 is 23.9 Å². The first kappa shape index (κ1) is 29.6. The molecule has 18 heteroatoms. The molecule has 3 aromatic rings. The van der Waals surface area contributed by atoms with Gasteiger partial charge in [0, 0.05) is 26.3 Å². The molecule has 3 N–H and O–H groups in total. The number of rotatable bonds is 8. The minimum Gasteiger partial charge on any atom is -0.497 e. The van der Waals surface area contributed by atoms with E-state index in [4.69, 9.17) is 29.4 Å². The van der Waals surface area contributed by atoms with Gasteiger partial charge in [-0.2, -0.15) is 9.36 Å². The number of methoxy groups -OCH3 is 1.